The molecular weight excluding hydrogens is 347 g/mol. The first-order chi connectivity index (χ1) is 13.1. The van der Waals surface area contributed by atoms with Gasteiger partial charge in [-0.2, -0.15) is 9.90 Å². The van der Waals surface area contributed by atoms with Crippen molar-refractivity contribution >= 4 is 5.91 Å². The molecule has 0 aliphatic rings. The maximum absolute atomic E-state index is 13.0. The van der Waals surface area contributed by atoms with Crippen LogP contribution in [0.5, 0.6) is 0 Å². The molecule has 27 heavy (non-hydrogen) atoms. The second-order valence-corrected chi connectivity index (χ2v) is 6.36. The Bertz CT molecular complexity index is 886. The van der Waals surface area contributed by atoms with E-state index in [1.807, 2.05) is 12.4 Å². The minimum absolute atomic E-state index is 0.194. The van der Waals surface area contributed by atoms with Crippen molar-refractivity contribution < 1.29 is 9.18 Å². The third kappa shape index (κ3) is 4.58. The van der Waals surface area contributed by atoms with Crippen LogP contribution in [0.25, 0.3) is 5.69 Å². The summed E-state index contributed by atoms with van der Waals surface area (Å²) in [6, 6.07) is 5.78. The Labute approximate surface area is 157 Å². The first kappa shape index (κ1) is 18.8. The molecule has 1 amide bonds. The number of hydrogen-bond acceptors (Lipinski definition) is 4. The number of hydrogen-bond donors (Lipinski definition) is 0. The second-order valence-electron chi connectivity index (χ2n) is 6.36. The standard InChI is InChI=1S/C19H23FN6O/c1-3-11-25-13-10-21-18(25)5-4-12-24(2)19(27)17-14-22-26(23-17)16-8-6-15(20)7-9-16/h6-10,13-14H,3-5,11-12H2,1-2H3. The topological polar surface area (TPSA) is 68.8 Å². The van der Waals surface area contributed by atoms with Gasteiger partial charge in [-0.25, -0.2) is 9.37 Å². The van der Waals surface area contributed by atoms with E-state index in [1.165, 1.54) is 23.1 Å². The lowest BCUT2D eigenvalue weighted by Gasteiger charge is -2.15. The third-order valence-corrected chi connectivity index (χ3v) is 4.28. The minimum atomic E-state index is -0.332. The average Bonchev–Trinajstić information content (AvgIpc) is 3.32. The normalized spacial score (nSPS) is 10.9. The first-order valence-corrected chi connectivity index (χ1v) is 9.02. The van der Waals surface area contributed by atoms with E-state index in [4.69, 9.17) is 0 Å². The first-order valence-electron chi connectivity index (χ1n) is 9.02. The smallest absolute Gasteiger partial charge is 0.275 e. The van der Waals surface area contributed by atoms with E-state index in [1.54, 1.807) is 24.1 Å². The molecule has 0 saturated heterocycles. The van der Waals surface area contributed by atoms with Gasteiger partial charge in [-0.1, -0.05) is 6.92 Å². The lowest BCUT2D eigenvalue weighted by atomic mass is 10.2. The van der Waals surface area contributed by atoms with E-state index >= 15 is 0 Å². The zero-order chi connectivity index (χ0) is 19.2. The van der Waals surface area contributed by atoms with Gasteiger partial charge in [0.25, 0.3) is 5.91 Å². The Morgan fingerprint density at radius 1 is 1.26 bits per heavy atom. The number of aromatic nitrogens is 5. The van der Waals surface area contributed by atoms with Crippen LogP contribution in [0.2, 0.25) is 0 Å². The van der Waals surface area contributed by atoms with Gasteiger partial charge in [-0.05, 0) is 37.1 Å². The maximum atomic E-state index is 13.0. The summed E-state index contributed by atoms with van der Waals surface area (Å²) < 4.78 is 15.2. The maximum Gasteiger partial charge on any atom is 0.275 e. The highest BCUT2D eigenvalue weighted by atomic mass is 19.1. The lowest BCUT2D eigenvalue weighted by molar-refractivity contribution is 0.0787. The van der Waals surface area contributed by atoms with Crippen molar-refractivity contribution in [1.29, 1.82) is 0 Å². The molecule has 2 heterocycles. The summed E-state index contributed by atoms with van der Waals surface area (Å²) in [6.07, 6.45) is 7.92. The SMILES string of the molecule is CCCn1ccnc1CCCN(C)C(=O)c1cnn(-c2ccc(F)cc2)n1. The van der Waals surface area contributed by atoms with Crippen LogP contribution in [0.3, 0.4) is 0 Å². The van der Waals surface area contributed by atoms with Crippen LogP contribution in [0, 0.1) is 5.82 Å². The van der Waals surface area contributed by atoms with Crippen LogP contribution in [0.15, 0.2) is 42.9 Å². The van der Waals surface area contributed by atoms with Crippen LogP contribution >= 0.6 is 0 Å². The summed E-state index contributed by atoms with van der Waals surface area (Å²) in [5.74, 6) is 0.515. The number of halogens is 1. The molecule has 7 nitrogen and oxygen atoms in total. The Balaban J connectivity index is 1.56. The van der Waals surface area contributed by atoms with Crippen molar-refractivity contribution in [2.24, 2.45) is 0 Å². The molecule has 8 heteroatoms. The van der Waals surface area contributed by atoms with Crippen molar-refractivity contribution in [3.05, 3.63) is 60.2 Å². The van der Waals surface area contributed by atoms with Gasteiger partial charge in [0.1, 0.15) is 11.6 Å². The van der Waals surface area contributed by atoms with E-state index in [0.717, 1.165) is 31.6 Å². The summed E-state index contributed by atoms with van der Waals surface area (Å²) >= 11 is 0. The quantitative estimate of drug-likeness (QED) is 0.611. The molecule has 142 valence electrons. The van der Waals surface area contributed by atoms with Gasteiger partial charge in [-0.15, -0.1) is 5.10 Å². The fourth-order valence-electron chi connectivity index (χ4n) is 2.84. The third-order valence-electron chi connectivity index (χ3n) is 4.28. The average molecular weight is 370 g/mol. The lowest BCUT2D eigenvalue weighted by Crippen LogP contribution is -2.28. The number of carbonyl (C=O) groups excluding carboxylic acids is 1. The molecule has 0 bridgehead atoms. The van der Waals surface area contributed by atoms with E-state index < -0.39 is 0 Å². The number of carbonyl (C=O) groups is 1. The number of rotatable bonds is 8. The van der Waals surface area contributed by atoms with Gasteiger partial charge in [-0.3, -0.25) is 4.79 Å². The molecule has 0 spiro atoms. The monoisotopic (exact) mass is 370 g/mol. The Morgan fingerprint density at radius 3 is 2.78 bits per heavy atom. The predicted molar refractivity (Wildman–Crippen MR) is 99.1 cm³/mol. The van der Waals surface area contributed by atoms with Crippen molar-refractivity contribution in [3.63, 3.8) is 0 Å². The number of nitrogens with zero attached hydrogens (tertiary/aromatic N) is 6. The van der Waals surface area contributed by atoms with Crippen molar-refractivity contribution in [3.8, 4) is 5.69 Å². The van der Waals surface area contributed by atoms with E-state index in [2.05, 4.69) is 26.7 Å². The predicted octanol–water partition coefficient (Wildman–Crippen LogP) is 2.72. The molecule has 0 aliphatic carbocycles. The Hall–Kier alpha value is -3.03. The van der Waals surface area contributed by atoms with Gasteiger partial charge in [0, 0.05) is 39.0 Å². The summed E-state index contributed by atoms with van der Waals surface area (Å²) in [6.45, 7) is 3.69. The van der Waals surface area contributed by atoms with Crippen molar-refractivity contribution in [1.82, 2.24) is 29.4 Å². The second kappa shape index (κ2) is 8.57. The molecule has 0 saturated carbocycles. The highest BCUT2D eigenvalue weighted by molar-refractivity contribution is 5.91. The van der Waals surface area contributed by atoms with E-state index in [9.17, 15) is 9.18 Å². The van der Waals surface area contributed by atoms with Crippen LogP contribution in [0.1, 0.15) is 36.1 Å². The van der Waals surface area contributed by atoms with Crippen molar-refractivity contribution in [2.75, 3.05) is 13.6 Å². The zero-order valence-corrected chi connectivity index (χ0v) is 15.5. The molecule has 0 unspecified atom stereocenters. The molecule has 0 N–H and O–H groups in total. The number of aryl methyl sites for hydroxylation is 2. The highest BCUT2D eigenvalue weighted by Crippen LogP contribution is 2.09. The van der Waals surface area contributed by atoms with Gasteiger partial charge in [0.15, 0.2) is 5.69 Å². The number of imidazole rings is 1. The fraction of sp³-hybridized carbons (Fsp3) is 0.368. The number of amides is 1. The van der Waals surface area contributed by atoms with Crippen LogP contribution < -0.4 is 0 Å². The minimum Gasteiger partial charge on any atom is -0.340 e. The summed E-state index contributed by atoms with van der Waals surface area (Å²) in [4.78, 5) is 19.9. The van der Waals surface area contributed by atoms with E-state index in [0.29, 0.717) is 12.2 Å². The Kier molecular flexibility index (Phi) is 5.95. The Morgan fingerprint density at radius 2 is 2.04 bits per heavy atom. The molecule has 1 aromatic carbocycles. The molecular formula is C19H23FN6O. The largest absolute Gasteiger partial charge is 0.340 e. The summed E-state index contributed by atoms with van der Waals surface area (Å²) in [5.41, 5.74) is 0.857. The number of benzene rings is 1. The summed E-state index contributed by atoms with van der Waals surface area (Å²) in [7, 11) is 1.75. The molecule has 0 fully saturated rings. The van der Waals surface area contributed by atoms with Gasteiger partial charge in [0.2, 0.25) is 0 Å². The molecule has 0 radical (unpaired) electrons. The van der Waals surface area contributed by atoms with Crippen LogP contribution in [0.4, 0.5) is 4.39 Å². The fourth-order valence-corrected chi connectivity index (χ4v) is 2.84. The zero-order valence-electron chi connectivity index (χ0n) is 15.5. The molecule has 0 atom stereocenters. The molecule has 2 aromatic heterocycles. The van der Waals surface area contributed by atoms with Gasteiger partial charge in [0.05, 0.1) is 11.9 Å². The van der Waals surface area contributed by atoms with Crippen LogP contribution in [-0.4, -0.2) is 48.9 Å². The summed E-state index contributed by atoms with van der Waals surface area (Å²) in [5, 5.41) is 8.30. The highest BCUT2D eigenvalue weighted by Gasteiger charge is 2.16. The molecule has 3 aromatic rings. The van der Waals surface area contributed by atoms with Gasteiger partial charge >= 0.3 is 0 Å². The molecule has 0 aliphatic heterocycles. The van der Waals surface area contributed by atoms with E-state index in [-0.39, 0.29) is 17.4 Å². The van der Waals surface area contributed by atoms with Crippen molar-refractivity contribution in [2.45, 2.75) is 32.7 Å². The molecule has 3 rings (SSSR count). The van der Waals surface area contributed by atoms with Crippen LogP contribution in [-0.2, 0) is 13.0 Å². The van der Waals surface area contributed by atoms with Gasteiger partial charge < -0.3 is 9.47 Å².